The first-order valence-corrected chi connectivity index (χ1v) is 5.79. The Kier molecular flexibility index (Phi) is 4.21. The highest BCUT2D eigenvalue weighted by molar-refractivity contribution is 9.10. The second kappa shape index (κ2) is 5.06. The Morgan fingerprint density at radius 3 is 2.31 bits per heavy atom. The zero-order chi connectivity index (χ0) is 12.3. The Morgan fingerprint density at radius 2 is 1.88 bits per heavy atom. The molecule has 90 valence electrons. The highest BCUT2D eigenvalue weighted by Gasteiger charge is 2.25. The Morgan fingerprint density at radius 1 is 1.25 bits per heavy atom. The van der Waals surface area contributed by atoms with Gasteiger partial charge in [-0.1, -0.05) is 19.9 Å². The first kappa shape index (κ1) is 13.3. The van der Waals surface area contributed by atoms with Crippen molar-refractivity contribution in [1.82, 2.24) is 0 Å². The molecule has 0 bridgehead atoms. The number of hydrogen-bond acceptors (Lipinski definition) is 3. The molecule has 0 spiro atoms. The molecule has 0 fully saturated rings. The van der Waals surface area contributed by atoms with Gasteiger partial charge in [0.1, 0.15) is 0 Å². The molecule has 0 aliphatic heterocycles. The van der Waals surface area contributed by atoms with Gasteiger partial charge in [-0.05, 0) is 27.6 Å². The van der Waals surface area contributed by atoms with Crippen LogP contribution in [0.1, 0.15) is 19.4 Å². The van der Waals surface area contributed by atoms with Gasteiger partial charge in [-0.15, -0.1) is 0 Å². The van der Waals surface area contributed by atoms with Gasteiger partial charge in [-0.2, -0.15) is 0 Å². The van der Waals surface area contributed by atoms with Crippen molar-refractivity contribution in [3.63, 3.8) is 0 Å². The second-order valence-electron chi connectivity index (χ2n) is 4.20. The summed E-state index contributed by atoms with van der Waals surface area (Å²) in [4.78, 5) is 0. The molecule has 0 radical (unpaired) electrons. The quantitative estimate of drug-likeness (QED) is 0.926. The average Bonchev–Trinajstić information content (AvgIpc) is 2.28. The van der Waals surface area contributed by atoms with Gasteiger partial charge in [-0.3, -0.25) is 0 Å². The summed E-state index contributed by atoms with van der Waals surface area (Å²) in [5, 5.41) is 9.37. The van der Waals surface area contributed by atoms with E-state index in [4.69, 9.17) is 9.47 Å². The fraction of sp³-hybridized carbons (Fsp3) is 0.500. The normalized spacial score (nSPS) is 11.4. The van der Waals surface area contributed by atoms with E-state index in [0.29, 0.717) is 11.5 Å². The van der Waals surface area contributed by atoms with Crippen molar-refractivity contribution in [2.45, 2.75) is 19.3 Å². The van der Waals surface area contributed by atoms with E-state index in [-0.39, 0.29) is 12.0 Å². The molecular weight excluding hydrogens is 272 g/mol. The highest BCUT2D eigenvalue weighted by atomic mass is 79.9. The van der Waals surface area contributed by atoms with E-state index in [9.17, 15) is 5.11 Å². The number of ether oxygens (including phenoxy) is 2. The molecule has 1 aromatic rings. The Balaban J connectivity index is 3.35. The first-order valence-electron chi connectivity index (χ1n) is 4.99. The summed E-state index contributed by atoms with van der Waals surface area (Å²) in [7, 11) is 3.19. The fourth-order valence-electron chi connectivity index (χ4n) is 1.50. The number of rotatable bonds is 4. The molecule has 0 atom stereocenters. The standard InChI is InChI=1S/C12H17BrO3/c1-12(2,7-14)8-5-6-9(15-3)11(16-4)10(8)13/h5-6,14H,7H2,1-4H3. The van der Waals surface area contributed by atoms with Crippen molar-refractivity contribution < 1.29 is 14.6 Å². The van der Waals surface area contributed by atoms with Crippen molar-refractivity contribution in [3.8, 4) is 11.5 Å². The van der Waals surface area contributed by atoms with Crippen LogP contribution in [0.3, 0.4) is 0 Å². The summed E-state index contributed by atoms with van der Waals surface area (Å²) in [5.41, 5.74) is 0.672. The van der Waals surface area contributed by atoms with Crippen LogP contribution in [0.4, 0.5) is 0 Å². The summed E-state index contributed by atoms with van der Waals surface area (Å²) in [6.07, 6.45) is 0. The van der Waals surface area contributed by atoms with Crippen LogP contribution < -0.4 is 9.47 Å². The van der Waals surface area contributed by atoms with Gasteiger partial charge in [0.15, 0.2) is 11.5 Å². The summed E-state index contributed by atoms with van der Waals surface area (Å²) < 4.78 is 11.3. The van der Waals surface area contributed by atoms with E-state index in [2.05, 4.69) is 15.9 Å². The molecule has 0 amide bonds. The van der Waals surface area contributed by atoms with E-state index >= 15 is 0 Å². The smallest absolute Gasteiger partial charge is 0.175 e. The molecule has 4 heteroatoms. The lowest BCUT2D eigenvalue weighted by Gasteiger charge is -2.25. The van der Waals surface area contributed by atoms with E-state index in [1.165, 1.54) is 0 Å². The van der Waals surface area contributed by atoms with Crippen LogP contribution in [0.5, 0.6) is 11.5 Å². The maximum Gasteiger partial charge on any atom is 0.175 e. The number of aliphatic hydroxyl groups is 1. The zero-order valence-corrected chi connectivity index (χ0v) is 11.6. The largest absolute Gasteiger partial charge is 0.493 e. The number of hydrogen-bond donors (Lipinski definition) is 1. The van der Waals surface area contributed by atoms with Gasteiger partial charge < -0.3 is 14.6 Å². The van der Waals surface area contributed by atoms with Crippen molar-refractivity contribution >= 4 is 15.9 Å². The minimum absolute atomic E-state index is 0.0705. The lowest BCUT2D eigenvalue weighted by Crippen LogP contribution is -2.22. The predicted octanol–water partition coefficient (Wildman–Crippen LogP) is 2.74. The minimum atomic E-state index is -0.321. The molecule has 3 nitrogen and oxygen atoms in total. The Hall–Kier alpha value is -0.740. The molecule has 1 rings (SSSR count). The van der Waals surface area contributed by atoms with E-state index < -0.39 is 0 Å². The number of aliphatic hydroxyl groups excluding tert-OH is 1. The molecule has 0 saturated carbocycles. The lowest BCUT2D eigenvalue weighted by molar-refractivity contribution is 0.217. The van der Waals surface area contributed by atoms with Gasteiger partial charge in [0.05, 0.1) is 25.3 Å². The minimum Gasteiger partial charge on any atom is -0.493 e. The third-order valence-electron chi connectivity index (χ3n) is 2.61. The summed E-state index contributed by atoms with van der Waals surface area (Å²) in [6.45, 7) is 4.01. The summed E-state index contributed by atoms with van der Waals surface area (Å²) in [5.74, 6) is 1.33. The lowest BCUT2D eigenvalue weighted by atomic mass is 9.85. The number of benzene rings is 1. The topological polar surface area (TPSA) is 38.7 Å². The molecule has 0 saturated heterocycles. The summed E-state index contributed by atoms with van der Waals surface area (Å²) >= 11 is 3.49. The average molecular weight is 289 g/mol. The van der Waals surface area contributed by atoms with Crippen molar-refractivity contribution in [1.29, 1.82) is 0 Å². The van der Waals surface area contributed by atoms with Crippen LogP contribution in [0, 0.1) is 0 Å². The Bertz CT molecular complexity index is 375. The molecule has 0 aliphatic carbocycles. The van der Waals surface area contributed by atoms with Crippen LogP contribution in [0.2, 0.25) is 0 Å². The highest BCUT2D eigenvalue weighted by Crippen LogP contribution is 2.41. The molecule has 1 N–H and O–H groups in total. The number of halogens is 1. The third-order valence-corrected chi connectivity index (χ3v) is 3.40. The maximum absolute atomic E-state index is 9.37. The van der Waals surface area contributed by atoms with E-state index in [1.54, 1.807) is 14.2 Å². The van der Waals surface area contributed by atoms with Crippen molar-refractivity contribution in [2.24, 2.45) is 0 Å². The maximum atomic E-state index is 9.37. The van der Waals surface area contributed by atoms with Crippen LogP contribution in [0.25, 0.3) is 0 Å². The SMILES string of the molecule is COc1ccc(C(C)(C)CO)c(Br)c1OC. The van der Waals surface area contributed by atoms with E-state index in [0.717, 1.165) is 10.0 Å². The van der Waals surface area contributed by atoms with Crippen LogP contribution in [-0.4, -0.2) is 25.9 Å². The molecule has 0 aromatic heterocycles. The van der Waals surface area contributed by atoms with Gasteiger partial charge in [-0.25, -0.2) is 0 Å². The zero-order valence-electron chi connectivity index (χ0n) is 10.0. The van der Waals surface area contributed by atoms with Crippen molar-refractivity contribution in [3.05, 3.63) is 22.2 Å². The van der Waals surface area contributed by atoms with Crippen LogP contribution in [0.15, 0.2) is 16.6 Å². The van der Waals surface area contributed by atoms with Crippen molar-refractivity contribution in [2.75, 3.05) is 20.8 Å². The molecule has 0 heterocycles. The predicted molar refractivity (Wildman–Crippen MR) is 67.4 cm³/mol. The summed E-state index contributed by atoms with van der Waals surface area (Å²) in [6, 6.07) is 3.78. The second-order valence-corrected chi connectivity index (χ2v) is 5.00. The molecular formula is C12H17BrO3. The van der Waals surface area contributed by atoms with Crippen LogP contribution in [-0.2, 0) is 5.41 Å². The van der Waals surface area contributed by atoms with Gasteiger partial charge in [0, 0.05) is 5.41 Å². The molecule has 0 unspecified atom stereocenters. The Labute approximate surface area is 105 Å². The van der Waals surface area contributed by atoms with Gasteiger partial charge >= 0.3 is 0 Å². The van der Waals surface area contributed by atoms with Gasteiger partial charge in [0.25, 0.3) is 0 Å². The fourth-order valence-corrected chi connectivity index (χ4v) is 2.52. The molecule has 16 heavy (non-hydrogen) atoms. The third kappa shape index (κ3) is 2.33. The van der Waals surface area contributed by atoms with E-state index in [1.807, 2.05) is 26.0 Å². The van der Waals surface area contributed by atoms with Crippen LogP contribution >= 0.6 is 15.9 Å². The van der Waals surface area contributed by atoms with Gasteiger partial charge in [0.2, 0.25) is 0 Å². The monoisotopic (exact) mass is 288 g/mol. The number of methoxy groups -OCH3 is 2. The first-order chi connectivity index (χ1) is 7.47. The molecule has 0 aliphatic rings. The molecule has 1 aromatic carbocycles.